The predicted octanol–water partition coefficient (Wildman–Crippen LogP) is 4.67. The zero-order valence-corrected chi connectivity index (χ0v) is 19.8. The molecule has 3 aromatic rings. The van der Waals surface area contributed by atoms with E-state index in [9.17, 15) is 18.0 Å². The smallest absolute Gasteiger partial charge is 0.255 e. The lowest BCUT2D eigenvalue weighted by atomic mass is 10.1. The van der Waals surface area contributed by atoms with E-state index in [1.165, 1.54) is 16.4 Å². The van der Waals surface area contributed by atoms with Gasteiger partial charge >= 0.3 is 0 Å². The summed E-state index contributed by atoms with van der Waals surface area (Å²) in [5, 5.41) is 5.64. The Morgan fingerprint density at radius 3 is 2.09 bits per heavy atom. The third-order valence-electron chi connectivity index (χ3n) is 5.85. The summed E-state index contributed by atoms with van der Waals surface area (Å²) >= 11 is 0. The molecule has 1 heterocycles. The second-order valence-corrected chi connectivity index (χ2v) is 10.2. The minimum absolute atomic E-state index is 0.216. The number of carbonyl (C=O) groups excluding carboxylic acids is 2. The van der Waals surface area contributed by atoms with Crippen LogP contribution in [0.2, 0.25) is 0 Å². The first-order chi connectivity index (χ1) is 16.3. The largest absolute Gasteiger partial charge is 0.322 e. The SMILES string of the molecule is Cc1ccc(C(=O)Nc2ccc(S(=O)(=O)N3CCCCC3)cc2)cc1NC(=O)c1ccccc1. The van der Waals surface area contributed by atoms with Gasteiger partial charge in [0.15, 0.2) is 0 Å². The van der Waals surface area contributed by atoms with Gasteiger partial charge in [-0.15, -0.1) is 0 Å². The molecular formula is C26H27N3O4S. The van der Waals surface area contributed by atoms with Crippen LogP contribution in [0.5, 0.6) is 0 Å². The van der Waals surface area contributed by atoms with Crippen LogP contribution < -0.4 is 10.6 Å². The number of benzene rings is 3. The number of carbonyl (C=O) groups is 2. The van der Waals surface area contributed by atoms with E-state index in [1.807, 2.05) is 13.0 Å². The first-order valence-electron chi connectivity index (χ1n) is 11.2. The fourth-order valence-corrected chi connectivity index (χ4v) is 5.37. The molecule has 0 atom stereocenters. The van der Waals surface area contributed by atoms with Gasteiger partial charge in [0.25, 0.3) is 11.8 Å². The number of hydrogen-bond donors (Lipinski definition) is 2. The van der Waals surface area contributed by atoms with E-state index in [-0.39, 0.29) is 16.7 Å². The second-order valence-electron chi connectivity index (χ2n) is 8.29. The van der Waals surface area contributed by atoms with Gasteiger partial charge < -0.3 is 10.6 Å². The summed E-state index contributed by atoms with van der Waals surface area (Å²) in [6, 6.07) is 20.1. The number of piperidine rings is 1. The molecule has 0 saturated carbocycles. The maximum Gasteiger partial charge on any atom is 0.255 e. The molecule has 4 rings (SSSR count). The molecule has 0 radical (unpaired) electrons. The van der Waals surface area contributed by atoms with Crippen LogP contribution in [0.25, 0.3) is 0 Å². The van der Waals surface area contributed by atoms with E-state index in [0.717, 1.165) is 24.8 Å². The maximum atomic E-state index is 12.8. The Kier molecular flexibility index (Phi) is 7.09. The Hall–Kier alpha value is -3.49. The van der Waals surface area contributed by atoms with Crippen LogP contribution in [0, 0.1) is 6.92 Å². The molecular weight excluding hydrogens is 450 g/mol. The minimum atomic E-state index is -3.52. The summed E-state index contributed by atoms with van der Waals surface area (Å²) in [5.74, 6) is -0.617. The van der Waals surface area contributed by atoms with Crippen LogP contribution in [-0.2, 0) is 10.0 Å². The lowest BCUT2D eigenvalue weighted by Gasteiger charge is -2.25. The minimum Gasteiger partial charge on any atom is -0.322 e. The summed E-state index contributed by atoms with van der Waals surface area (Å²) in [4.78, 5) is 25.5. The van der Waals surface area contributed by atoms with E-state index in [0.29, 0.717) is 35.6 Å². The van der Waals surface area contributed by atoms with E-state index in [1.54, 1.807) is 54.6 Å². The van der Waals surface area contributed by atoms with Crippen molar-refractivity contribution >= 4 is 33.2 Å². The molecule has 0 spiro atoms. The van der Waals surface area contributed by atoms with E-state index >= 15 is 0 Å². The molecule has 0 unspecified atom stereocenters. The topological polar surface area (TPSA) is 95.6 Å². The van der Waals surface area contributed by atoms with Crippen molar-refractivity contribution in [3.8, 4) is 0 Å². The van der Waals surface area contributed by atoms with Gasteiger partial charge in [0, 0.05) is 35.6 Å². The number of aryl methyl sites for hydroxylation is 1. The molecule has 3 aromatic carbocycles. The van der Waals surface area contributed by atoms with Crippen molar-refractivity contribution in [2.45, 2.75) is 31.1 Å². The van der Waals surface area contributed by atoms with Crippen LogP contribution in [0.1, 0.15) is 45.5 Å². The summed E-state index contributed by atoms with van der Waals surface area (Å²) in [6.45, 7) is 2.93. The summed E-state index contributed by atoms with van der Waals surface area (Å²) in [7, 11) is -3.52. The lowest BCUT2D eigenvalue weighted by molar-refractivity contribution is 0.101. The van der Waals surface area contributed by atoms with E-state index < -0.39 is 10.0 Å². The second kappa shape index (κ2) is 10.2. The van der Waals surface area contributed by atoms with Crippen molar-refractivity contribution in [3.63, 3.8) is 0 Å². The lowest BCUT2D eigenvalue weighted by Crippen LogP contribution is -2.35. The molecule has 34 heavy (non-hydrogen) atoms. The van der Waals surface area contributed by atoms with Crippen molar-refractivity contribution in [3.05, 3.63) is 89.5 Å². The normalized spacial score (nSPS) is 14.4. The van der Waals surface area contributed by atoms with Gasteiger partial charge in [-0.1, -0.05) is 30.7 Å². The average Bonchev–Trinajstić information content (AvgIpc) is 2.86. The van der Waals surface area contributed by atoms with Crippen molar-refractivity contribution in [2.75, 3.05) is 23.7 Å². The molecule has 0 aromatic heterocycles. The number of nitrogens with zero attached hydrogens (tertiary/aromatic N) is 1. The Morgan fingerprint density at radius 1 is 0.765 bits per heavy atom. The Balaban J connectivity index is 1.45. The number of sulfonamides is 1. The summed E-state index contributed by atoms with van der Waals surface area (Å²) < 4.78 is 27.1. The Bertz CT molecular complexity index is 1280. The first-order valence-corrected chi connectivity index (χ1v) is 12.7. The van der Waals surface area contributed by atoms with E-state index in [2.05, 4.69) is 10.6 Å². The average molecular weight is 478 g/mol. The molecule has 1 fully saturated rings. The molecule has 0 aliphatic carbocycles. The maximum absolute atomic E-state index is 12.8. The highest BCUT2D eigenvalue weighted by Gasteiger charge is 2.25. The highest BCUT2D eigenvalue weighted by Crippen LogP contribution is 2.23. The number of rotatable bonds is 6. The van der Waals surface area contributed by atoms with Gasteiger partial charge in [0.2, 0.25) is 10.0 Å². The monoisotopic (exact) mass is 477 g/mol. The zero-order valence-electron chi connectivity index (χ0n) is 19.0. The molecule has 2 amide bonds. The molecule has 0 bridgehead atoms. The van der Waals surface area contributed by atoms with E-state index in [4.69, 9.17) is 0 Å². The van der Waals surface area contributed by atoms with Gasteiger partial charge in [-0.2, -0.15) is 4.31 Å². The molecule has 2 N–H and O–H groups in total. The van der Waals surface area contributed by atoms with Crippen LogP contribution in [0.3, 0.4) is 0 Å². The fraction of sp³-hybridized carbons (Fsp3) is 0.231. The predicted molar refractivity (Wildman–Crippen MR) is 133 cm³/mol. The van der Waals surface area contributed by atoms with Crippen molar-refractivity contribution in [1.29, 1.82) is 0 Å². The third-order valence-corrected chi connectivity index (χ3v) is 7.76. The quantitative estimate of drug-likeness (QED) is 0.539. The third kappa shape index (κ3) is 5.35. The molecule has 1 aliphatic heterocycles. The first kappa shape index (κ1) is 23.7. The van der Waals surface area contributed by atoms with Crippen LogP contribution in [-0.4, -0.2) is 37.6 Å². The van der Waals surface area contributed by atoms with Crippen molar-refractivity contribution < 1.29 is 18.0 Å². The van der Waals surface area contributed by atoms with Crippen molar-refractivity contribution in [1.82, 2.24) is 4.31 Å². The summed E-state index contributed by atoms with van der Waals surface area (Å²) in [6.07, 6.45) is 2.79. The number of amides is 2. The molecule has 1 aliphatic rings. The van der Waals surface area contributed by atoms with Gasteiger partial charge in [-0.25, -0.2) is 8.42 Å². The van der Waals surface area contributed by atoms with Gasteiger partial charge in [-0.3, -0.25) is 9.59 Å². The van der Waals surface area contributed by atoms with Gasteiger partial charge in [0.1, 0.15) is 0 Å². The summed E-state index contributed by atoms with van der Waals surface area (Å²) in [5.41, 5.74) is 2.76. The van der Waals surface area contributed by atoms with Gasteiger partial charge in [0.05, 0.1) is 4.90 Å². The number of anilines is 2. The van der Waals surface area contributed by atoms with Gasteiger partial charge in [-0.05, 0) is 73.9 Å². The van der Waals surface area contributed by atoms with Crippen molar-refractivity contribution in [2.24, 2.45) is 0 Å². The highest BCUT2D eigenvalue weighted by atomic mass is 32.2. The zero-order chi connectivity index (χ0) is 24.1. The molecule has 8 heteroatoms. The molecule has 1 saturated heterocycles. The number of nitrogens with one attached hydrogen (secondary N) is 2. The van der Waals surface area contributed by atoms with Crippen LogP contribution in [0.4, 0.5) is 11.4 Å². The Labute approximate surface area is 199 Å². The highest BCUT2D eigenvalue weighted by molar-refractivity contribution is 7.89. The standard InChI is InChI=1S/C26H27N3O4S/c1-19-10-11-21(18-24(19)28-25(30)20-8-4-2-5-9-20)26(31)27-22-12-14-23(15-13-22)34(32,33)29-16-6-3-7-17-29/h2,4-5,8-15,18H,3,6-7,16-17H2,1H3,(H,27,31)(H,28,30). The Morgan fingerprint density at radius 2 is 1.41 bits per heavy atom. The number of hydrogen-bond acceptors (Lipinski definition) is 4. The molecule has 176 valence electrons. The van der Waals surface area contributed by atoms with Crippen LogP contribution >= 0.6 is 0 Å². The van der Waals surface area contributed by atoms with Crippen LogP contribution in [0.15, 0.2) is 77.7 Å². The molecule has 7 nitrogen and oxygen atoms in total. The fourth-order valence-electron chi connectivity index (χ4n) is 3.85.